The minimum Gasteiger partial charge on any atom is -0.394 e. The predicted molar refractivity (Wildman–Crippen MR) is 65.7 cm³/mol. The Balaban J connectivity index is 2.40. The fraction of sp³-hybridized carbons (Fsp3) is 0.500. The molecular formula is C12H15FO5S. The number of ether oxygens (including phenoxy) is 2. The van der Waals surface area contributed by atoms with Crippen LogP contribution in [-0.2, 0) is 25.1 Å². The van der Waals surface area contributed by atoms with Gasteiger partial charge in [-0.15, -0.1) is 0 Å². The lowest BCUT2D eigenvalue weighted by molar-refractivity contribution is -0.162. The Kier molecular flexibility index (Phi) is 3.91. The Morgan fingerprint density at radius 3 is 2.79 bits per heavy atom. The Morgan fingerprint density at radius 1 is 1.53 bits per heavy atom. The van der Waals surface area contributed by atoms with Crippen molar-refractivity contribution >= 4 is 9.84 Å². The molecule has 5 nitrogen and oxygen atoms in total. The number of aliphatic hydroxyl groups is 1. The number of rotatable bonds is 4. The average Bonchev–Trinajstić information content (AvgIpc) is 2.71. The summed E-state index contributed by atoms with van der Waals surface area (Å²) in [5.41, 5.74) is 0.286. The Bertz CT molecular complexity index is 559. The van der Waals surface area contributed by atoms with Crippen LogP contribution in [0.3, 0.4) is 0 Å². The normalized spacial score (nSPS) is 27.6. The zero-order valence-electron chi connectivity index (χ0n) is 10.4. The molecular weight excluding hydrogens is 275 g/mol. The molecule has 19 heavy (non-hydrogen) atoms. The van der Waals surface area contributed by atoms with Gasteiger partial charge in [0.2, 0.25) is 5.79 Å². The van der Waals surface area contributed by atoms with Crippen molar-refractivity contribution in [2.45, 2.75) is 11.9 Å². The summed E-state index contributed by atoms with van der Waals surface area (Å²) in [5.74, 6) is -2.49. The molecule has 0 radical (unpaired) electrons. The summed E-state index contributed by atoms with van der Waals surface area (Å²) in [7, 11) is -3.41. The van der Waals surface area contributed by atoms with Crippen LogP contribution in [0.1, 0.15) is 5.56 Å². The summed E-state index contributed by atoms with van der Waals surface area (Å²) in [4.78, 5) is 0. The van der Waals surface area contributed by atoms with Crippen molar-refractivity contribution in [2.24, 2.45) is 0 Å². The van der Waals surface area contributed by atoms with E-state index < -0.39 is 33.3 Å². The Labute approximate surface area is 110 Å². The summed E-state index contributed by atoms with van der Waals surface area (Å²) >= 11 is 0. The highest BCUT2D eigenvalue weighted by Crippen LogP contribution is 2.35. The molecule has 0 bridgehead atoms. The van der Waals surface area contributed by atoms with Crippen LogP contribution < -0.4 is 0 Å². The third kappa shape index (κ3) is 3.30. The minimum atomic E-state index is -3.41. The molecule has 2 rings (SSSR count). The summed E-state index contributed by atoms with van der Waals surface area (Å²) in [5, 5.41) is 9.07. The molecule has 1 heterocycles. The number of aliphatic hydroxyl groups excluding tert-OH is 1. The number of hydrogen-bond acceptors (Lipinski definition) is 5. The van der Waals surface area contributed by atoms with E-state index in [0.29, 0.717) is 0 Å². The van der Waals surface area contributed by atoms with Gasteiger partial charge in [-0.2, -0.15) is 0 Å². The quantitative estimate of drug-likeness (QED) is 0.870. The van der Waals surface area contributed by atoms with Crippen LogP contribution in [0.15, 0.2) is 24.3 Å². The summed E-state index contributed by atoms with van der Waals surface area (Å²) in [6.45, 7) is -0.233. The van der Waals surface area contributed by atoms with Gasteiger partial charge in [-0.05, 0) is 12.1 Å². The third-order valence-electron chi connectivity index (χ3n) is 2.78. The van der Waals surface area contributed by atoms with E-state index in [1.165, 1.54) is 24.3 Å². The Morgan fingerprint density at radius 2 is 2.26 bits per heavy atom. The van der Waals surface area contributed by atoms with Crippen LogP contribution >= 0.6 is 0 Å². The second-order valence-electron chi connectivity index (χ2n) is 4.57. The number of halogens is 1. The van der Waals surface area contributed by atoms with Gasteiger partial charge in [0.05, 0.1) is 13.2 Å². The molecule has 0 amide bonds. The van der Waals surface area contributed by atoms with Crippen molar-refractivity contribution in [1.29, 1.82) is 0 Å². The van der Waals surface area contributed by atoms with Crippen molar-refractivity contribution < 1.29 is 27.4 Å². The van der Waals surface area contributed by atoms with E-state index in [-0.39, 0.29) is 18.8 Å². The maximum Gasteiger partial charge on any atom is 0.209 e. The molecule has 1 fully saturated rings. The Hall–Kier alpha value is -1.02. The fourth-order valence-corrected chi connectivity index (χ4v) is 3.04. The highest BCUT2D eigenvalue weighted by Gasteiger charge is 2.45. The topological polar surface area (TPSA) is 72.8 Å². The maximum absolute atomic E-state index is 13.3. The highest BCUT2D eigenvalue weighted by atomic mass is 32.2. The number of sulfone groups is 1. The molecule has 0 spiro atoms. The second kappa shape index (κ2) is 5.16. The smallest absolute Gasteiger partial charge is 0.209 e. The van der Waals surface area contributed by atoms with Gasteiger partial charge < -0.3 is 14.6 Å². The first kappa shape index (κ1) is 14.4. The van der Waals surface area contributed by atoms with Gasteiger partial charge >= 0.3 is 0 Å². The molecule has 1 N–H and O–H groups in total. The van der Waals surface area contributed by atoms with Gasteiger partial charge in [0.25, 0.3) is 0 Å². The molecule has 7 heteroatoms. The first-order valence-electron chi connectivity index (χ1n) is 5.71. The lowest BCUT2D eigenvalue weighted by Gasteiger charge is -2.27. The van der Waals surface area contributed by atoms with Gasteiger partial charge in [0.1, 0.15) is 17.7 Å². The van der Waals surface area contributed by atoms with Crippen molar-refractivity contribution in [3.8, 4) is 0 Å². The summed E-state index contributed by atoms with van der Waals surface area (Å²) < 4.78 is 47.3. The number of hydrogen-bond donors (Lipinski definition) is 1. The van der Waals surface area contributed by atoms with E-state index in [4.69, 9.17) is 14.6 Å². The minimum absolute atomic E-state index is 0.0581. The molecule has 1 aromatic carbocycles. The first-order valence-corrected chi connectivity index (χ1v) is 7.77. The lowest BCUT2D eigenvalue weighted by Crippen LogP contribution is -2.36. The van der Waals surface area contributed by atoms with Crippen LogP contribution in [0.4, 0.5) is 4.39 Å². The van der Waals surface area contributed by atoms with E-state index >= 15 is 0 Å². The van der Waals surface area contributed by atoms with Crippen molar-refractivity contribution in [3.63, 3.8) is 0 Å². The van der Waals surface area contributed by atoms with Crippen molar-refractivity contribution in [1.82, 2.24) is 0 Å². The largest absolute Gasteiger partial charge is 0.394 e. The molecule has 1 aromatic rings. The molecule has 1 saturated heterocycles. The molecule has 2 atom stereocenters. The van der Waals surface area contributed by atoms with Gasteiger partial charge in [-0.1, -0.05) is 12.1 Å². The van der Waals surface area contributed by atoms with Crippen LogP contribution in [-0.4, -0.2) is 44.9 Å². The van der Waals surface area contributed by atoms with Gasteiger partial charge in [-0.3, -0.25) is 0 Å². The van der Waals surface area contributed by atoms with Gasteiger partial charge in [0, 0.05) is 11.8 Å². The molecule has 0 aromatic heterocycles. The van der Waals surface area contributed by atoms with E-state index in [2.05, 4.69) is 0 Å². The van der Waals surface area contributed by atoms with Crippen LogP contribution in [0.25, 0.3) is 0 Å². The van der Waals surface area contributed by atoms with E-state index in [1.807, 2.05) is 0 Å². The SMILES string of the molecule is CS(=O)(=O)C[C@]1(c2cccc(F)c2)OC[C@@H](CO)O1. The average molecular weight is 290 g/mol. The predicted octanol–water partition coefficient (Wildman–Crippen LogP) is 0.431. The zero-order chi connectivity index (χ0) is 14.1. The van der Waals surface area contributed by atoms with Crippen LogP contribution in [0, 0.1) is 5.82 Å². The van der Waals surface area contributed by atoms with Gasteiger partial charge in [-0.25, -0.2) is 12.8 Å². The second-order valence-corrected chi connectivity index (χ2v) is 6.71. The van der Waals surface area contributed by atoms with Crippen molar-refractivity contribution in [3.05, 3.63) is 35.6 Å². The molecule has 0 saturated carbocycles. The van der Waals surface area contributed by atoms with E-state index in [1.54, 1.807) is 0 Å². The zero-order valence-corrected chi connectivity index (χ0v) is 11.2. The third-order valence-corrected chi connectivity index (χ3v) is 3.68. The first-order chi connectivity index (χ1) is 8.85. The maximum atomic E-state index is 13.3. The molecule has 1 aliphatic rings. The summed E-state index contributed by atoms with van der Waals surface area (Å²) in [6.07, 6.45) is 0.428. The highest BCUT2D eigenvalue weighted by molar-refractivity contribution is 7.90. The lowest BCUT2D eigenvalue weighted by atomic mass is 10.1. The van der Waals surface area contributed by atoms with Gasteiger partial charge in [0.15, 0.2) is 9.84 Å². The molecule has 1 aliphatic heterocycles. The standard InChI is InChI=1S/C12H15FO5S/c1-19(15,16)8-12(17-7-11(6-14)18-12)9-3-2-4-10(13)5-9/h2-5,11,14H,6-8H2,1H3/t11-,12+/m1/s1. The molecule has 0 aliphatic carbocycles. The molecule has 0 unspecified atom stereocenters. The van der Waals surface area contributed by atoms with E-state index in [0.717, 1.165) is 6.26 Å². The van der Waals surface area contributed by atoms with Crippen LogP contribution in [0.5, 0.6) is 0 Å². The fourth-order valence-electron chi connectivity index (χ4n) is 2.04. The number of benzene rings is 1. The monoisotopic (exact) mass is 290 g/mol. The van der Waals surface area contributed by atoms with Crippen molar-refractivity contribution in [2.75, 3.05) is 25.2 Å². The van der Waals surface area contributed by atoms with E-state index in [9.17, 15) is 12.8 Å². The van der Waals surface area contributed by atoms with Crippen LogP contribution in [0.2, 0.25) is 0 Å². The summed E-state index contributed by atoms with van der Waals surface area (Å²) in [6, 6.07) is 5.41. The molecule has 106 valence electrons.